The first-order valence-corrected chi connectivity index (χ1v) is 2.51. The maximum atomic E-state index is 10.3. The Labute approximate surface area is 51.6 Å². The van der Waals surface area contributed by atoms with Crippen LogP contribution in [0.3, 0.4) is 0 Å². The van der Waals surface area contributed by atoms with E-state index in [4.69, 9.17) is 0 Å². The number of hydrogen-bond acceptors (Lipinski definition) is 3. The quantitative estimate of drug-likeness (QED) is 0.527. The van der Waals surface area contributed by atoms with Crippen LogP contribution in [0.4, 0.5) is 0 Å². The Balaban J connectivity index is 3.28. The fraction of sp³-hybridized carbons (Fsp3) is 0. The van der Waals surface area contributed by atoms with Crippen LogP contribution in [0.5, 0.6) is 0 Å². The lowest BCUT2D eigenvalue weighted by molar-refractivity contribution is 0.506. The van der Waals surface area contributed by atoms with Crippen molar-refractivity contribution in [2.45, 2.75) is 4.90 Å². The lowest BCUT2D eigenvalue weighted by atomic mass is 10.5. The van der Waals surface area contributed by atoms with Crippen LogP contribution >= 0.6 is 12.6 Å². The van der Waals surface area contributed by atoms with Crippen LogP contribution in [0.15, 0.2) is 32.5 Å². The molecule has 0 radical (unpaired) electrons. The van der Waals surface area contributed by atoms with E-state index in [-0.39, 0.29) is 5.63 Å². The third kappa shape index (κ3) is 1.13. The molecule has 1 aromatic heterocycles. The summed E-state index contributed by atoms with van der Waals surface area (Å²) in [4.78, 5) is 10.9. The molecule has 0 saturated heterocycles. The molecule has 3 heteroatoms. The summed E-state index contributed by atoms with van der Waals surface area (Å²) in [6, 6.07) is 2.91. The molecular weight excluding hydrogens is 124 g/mol. The minimum atomic E-state index is -0.363. The number of hydrogen-bond donors (Lipinski definition) is 1. The van der Waals surface area contributed by atoms with Crippen molar-refractivity contribution in [1.82, 2.24) is 0 Å². The van der Waals surface area contributed by atoms with Crippen molar-refractivity contribution in [3.05, 3.63) is 28.8 Å². The lowest BCUT2D eigenvalue weighted by Crippen LogP contribution is -1.92. The molecule has 1 aromatic rings. The first-order valence-electron chi connectivity index (χ1n) is 2.07. The molecule has 0 fully saturated rings. The van der Waals surface area contributed by atoms with Crippen molar-refractivity contribution in [3.63, 3.8) is 0 Å². The van der Waals surface area contributed by atoms with Gasteiger partial charge in [0.1, 0.15) is 0 Å². The van der Waals surface area contributed by atoms with Gasteiger partial charge in [-0.3, -0.25) is 0 Å². The van der Waals surface area contributed by atoms with Gasteiger partial charge in [-0.15, -0.1) is 12.6 Å². The minimum absolute atomic E-state index is 0.363. The van der Waals surface area contributed by atoms with E-state index < -0.39 is 0 Å². The second-order valence-corrected chi connectivity index (χ2v) is 1.83. The highest BCUT2D eigenvalue weighted by atomic mass is 32.1. The van der Waals surface area contributed by atoms with Crippen LogP contribution < -0.4 is 5.63 Å². The number of rotatable bonds is 0. The minimum Gasteiger partial charge on any atom is -0.431 e. The van der Waals surface area contributed by atoms with Crippen LogP contribution in [-0.4, -0.2) is 0 Å². The second-order valence-electron chi connectivity index (χ2n) is 1.31. The molecule has 1 rings (SSSR count). The monoisotopic (exact) mass is 128 g/mol. The molecule has 0 atom stereocenters. The first-order chi connectivity index (χ1) is 3.79. The van der Waals surface area contributed by atoms with Crippen molar-refractivity contribution in [3.8, 4) is 0 Å². The maximum absolute atomic E-state index is 10.3. The van der Waals surface area contributed by atoms with Crippen LogP contribution in [0.2, 0.25) is 0 Å². The molecule has 0 aliphatic rings. The Bertz CT molecular complexity index is 228. The fourth-order valence-electron chi connectivity index (χ4n) is 0.374. The van der Waals surface area contributed by atoms with Gasteiger partial charge in [0.25, 0.3) is 0 Å². The molecule has 0 amide bonds. The third-order valence-corrected chi connectivity index (χ3v) is 0.967. The van der Waals surface area contributed by atoms with Crippen molar-refractivity contribution >= 4 is 12.6 Å². The van der Waals surface area contributed by atoms with Gasteiger partial charge in [0.2, 0.25) is 0 Å². The Kier molecular flexibility index (Phi) is 1.39. The third-order valence-electron chi connectivity index (χ3n) is 0.689. The van der Waals surface area contributed by atoms with Gasteiger partial charge in [-0.25, -0.2) is 4.79 Å². The maximum Gasteiger partial charge on any atom is 0.336 e. The van der Waals surface area contributed by atoms with E-state index in [0.29, 0.717) is 4.90 Å². The molecule has 42 valence electrons. The van der Waals surface area contributed by atoms with Crippen LogP contribution in [0.25, 0.3) is 0 Å². The molecule has 8 heavy (non-hydrogen) atoms. The van der Waals surface area contributed by atoms with Gasteiger partial charge >= 0.3 is 5.63 Å². The van der Waals surface area contributed by atoms with Gasteiger partial charge in [0.05, 0.1) is 6.26 Å². The summed E-state index contributed by atoms with van der Waals surface area (Å²) in [5.41, 5.74) is -0.363. The SMILES string of the molecule is O=c1cc(S)cco1. The number of thiol groups is 1. The van der Waals surface area contributed by atoms with Gasteiger partial charge in [0.15, 0.2) is 0 Å². The largest absolute Gasteiger partial charge is 0.431 e. The van der Waals surface area contributed by atoms with Crippen LogP contribution in [0.1, 0.15) is 0 Å². The Hall–Kier alpha value is -0.700. The standard InChI is InChI=1S/C5H4O2S/c6-5-3-4(8)1-2-7-5/h1-3,8H. The van der Waals surface area contributed by atoms with E-state index in [9.17, 15) is 4.79 Å². The first kappa shape index (κ1) is 5.44. The zero-order valence-corrected chi connectivity index (χ0v) is 4.89. The van der Waals surface area contributed by atoms with Gasteiger partial charge in [-0.1, -0.05) is 0 Å². The van der Waals surface area contributed by atoms with E-state index in [1.165, 1.54) is 12.3 Å². The van der Waals surface area contributed by atoms with Gasteiger partial charge in [0, 0.05) is 11.0 Å². The summed E-state index contributed by atoms with van der Waals surface area (Å²) < 4.78 is 4.40. The summed E-state index contributed by atoms with van der Waals surface area (Å²) in [5.74, 6) is 0. The molecule has 0 aromatic carbocycles. The summed E-state index contributed by atoms with van der Waals surface area (Å²) >= 11 is 3.89. The van der Waals surface area contributed by atoms with Crippen molar-refractivity contribution in [2.24, 2.45) is 0 Å². The normalized spacial score (nSPS) is 9.12. The average molecular weight is 128 g/mol. The van der Waals surface area contributed by atoms with E-state index in [1.54, 1.807) is 6.07 Å². The summed E-state index contributed by atoms with van der Waals surface area (Å²) in [5, 5.41) is 0. The van der Waals surface area contributed by atoms with Gasteiger partial charge in [-0.05, 0) is 6.07 Å². The summed E-state index contributed by atoms with van der Waals surface area (Å²) in [6.07, 6.45) is 1.31. The van der Waals surface area contributed by atoms with E-state index >= 15 is 0 Å². The molecule has 0 unspecified atom stereocenters. The van der Waals surface area contributed by atoms with Crippen molar-refractivity contribution < 1.29 is 4.42 Å². The Morgan fingerprint density at radius 2 is 2.38 bits per heavy atom. The summed E-state index contributed by atoms with van der Waals surface area (Å²) in [7, 11) is 0. The predicted octanol–water partition coefficient (Wildman–Crippen LogP) is 0.929. The van der Waals surface area contributed by atoms with Crippen LogP contribution in [-0.2, 0) is 0 Å². The molecule has 1 heterocycles. The fourth-order valence-corrected chi connectivity index (χ4v) is 0.540. The highest BCUT2D eigenvalue weighted by Crippen LogP contribution is 1.97. The highest BCUT2D eigenvalue weighted by Gasteiger charge is 1.83. The molecule has 0 spiro atoms. The zero-order valence-electron chi connectivity index (χ0n) is 4.00. The molecule has 0 bridgehead atoms. The predicted molar refractivity (Wildman–Crippen MR) is 32.2 cm³/mol. The Morgan fingerprint density at radius 3 is 2.75 bits per heavy atom. The van der Waals surface area contributed by atoms with Crippen molar-refractivity contribution in [1.29, 1.82) is 0 Å². The van der Waals surface area contributed by atoms with Crippen molar-refractivity contribution in [2.75, 3.05) is 0 Å². The second kappa shape index (κ2) is 2.05. The molecule has 0 aliphatic heterocycles. The van der Waals surface area contributed by atoms with Crippen LogP contribution in [0, 0.1) is 0 Å². The summed E-state index contributed by atoms with van der Waals surface area (Å²) in [6.45, 7) is 0. The molecular formula is C5H4O2S. The Morgan fingerprint density at radius 1 is 1.62 bits per heavy atom. The van der Waals surface area contributed by atoms with E-state index in [2.05, 4.69) is 17.0 Å². The molecule has 0 saturated carbocycles. The smallest absolute Gasteiger partial charge is 0.336 e. The molecule has 0 N–H and O–H groups in total. The lowest BCUT2D eigenvalue weighted by Gasteiger charge is -1.81. The van der Waals surface area contributed by atoms with Gasteiger partial charge < -0.3 is 4.42 Å². The van der Waals surface area contributed by atoms with Gasteiger partial charge in [-0.2, -0.15) is 0 Å². The molecule has 2 nitrogen and oxygen atoms in total. The van der Waals surface area contributed by atoms with E-state index in [1.807, 2.05) is 0 Å². The molecule has 0 aliphatic carbocycles. The highest BCUT2D eigenvalue weighted by molar-refractivity contribution is 7.80. The zero-order chi connectivity index (χ0) is 5.98. The van der Waals surface area contributed by atoms with E-state index in [0.717, 1.165) is 0 Å². The average Bonchev–Trinajstić information content (AvgIpc) is 1.64. The topological polar surface area (TPSA) is 30.2 Å².